The molecule has 4 rings (SSSR count). The van der Waals surface area contributed by atoms with Gasteiger partial charge in [0.15, 0.2) is 0 Å². The zero-order chi connectivity index (χ0) is 25.2. The molecule has 7 nitrogen and oxygen atoms in total. The molecule has 188 valence electrons. The maximum atomic E-state index is 13.2. The second kappa shape index (κ2) is 12.8. The van der Waals surface area contributed by atoms with Gasteiger partial charge in [-0.25, -0.2) is 0 Å². The Labute approximate surface area is 213 Å². The van der Waals surface area contributed by atoms with E-state index in [1.54, 1.807) is 19.5 Å². The van der Waals surface area contributed by atoms with E-state index < -0.39 is 0 Å². The Morgan fingerprint density at radius 3 is 2.58 bits per heavy atom. The zero-order valence-electron chi connectivity index (χ0n) is 20.8. The Kier molecular flexibility index (Phi) is 9.05. The van der Waals surface area contributed by atoms with Crippen molar-refractivity contribution >= 4 is 11.8 Å². The lowest BCUT2D eigenvalue weighted by atomic mass is 10.00. The van der Waals surface area contributed by atoms with E-state index in [1.165, 1.54) is 0 Å². The van der Waals surface area contributed by atoms with E-state index >= 15 is 0 Å². The van der Waals surface area contributed by atoms with Crippen LogP contribution in [0.2, 0.25) is 0 Å². The van der Waals surface area contributed by atoms with E-state index in [9.17, 15) is 9.59 Å². The van der Waals surface area contributed by atoms with Gasteiger partial charge in [0, 0.05) is 57.6 Å². The highest BCUT2D eigenvalue weighted by atomic mass is 16.5. The van der Waals surface area contributed by atoms with Crippen molar-refractivity contribution < 1.29 is 14.3 Å². The quantitative estimate of drug-likeness (QED) is 0.576. The maximum absolute atomic E-state index is 13.2. The Hall–Kier alpha value is -3.71. The standard InChI is InChI=1S/C29H34N4O3/c1-36-26-10-5-7-24(19-26)20-29(35)32-16-6-17-33(22-23-11-13-30-14-12-23)27(21-28(34)31-15-18-32)25-8-3-2-4-9-25/h2-5,7-14,19,27H,6,15-18,20-22H2,1H3,(H,31,34). The molecule has 36 heavy (non-hydrogen) atoms. The van der Waals surface area contributed by atoms with Crippen LogP contribution in [-0.2, 0) is 22.6 Å². The van der Waals surface area contributed by atoms with Crippen LogP contribution < -0.4 is 10.1 Å². The predicted molar refractivity (Wildman–Crippen MR) is 139 cm³/mol. The van der Waals surface area contributed by atoms with Crippen molar-refractivity contribution in [3.8, 4) is 5.75 Å². The first kappa shape index (κ1) is 25.4. The molecule has 0 saturated carbocycles. The summed E-state index contributed by atoms with van der Waals surface area (Å²) < 4.78 is 5.30. The summed E-state index contributed by atoms with van der Waals surface area (Å²) in [5.74, 6) is 0.784. The number of hydrogen-bond donors (Lipinski definition) is 1. The highest BCUT2D eigenvalue weighted by Crippen LogP contribution is 2.27. The number of hydrogen-bond acceptors (Lipinski definition) is 5. The molecular formula is C29H34N4O3. The van der Waals surface area contributed by atoms with Crippen LogP contribution >= 0.6 is 0 Å². The van der Waals surface area contributed by atoms with E-state index in [0.29, 0.717) is 39.0 Å². The van der Waals surface area contributed by atoms with Crippen LogP contribution in [0.15, 0.2) is 79.1 Å². The Balaban J connectivity index is 1.52. The van der Waals surface area contributed by atoms with Crippen molar-refractivity contribution in [3.05, 3.63) is 95.8 Å². The third kappa shape index (κ3) is 7.15. The van der Waals surface area contributed by atoms with Gasteiger partial charge < -0.3 is 15.0 Å². The van der Waals surface area contributed by atoms with Crippen molar-refractivity contribution in [2.75, 3.05) is 33.3 Å². The van der Waals surface area contributed by atoms with Crippen LogP contribution in [0.4, 0.5) is 0 Å². The van der Waals surface area contributed by atoms with Gasteiger partial charge in [-0.15, -0.1) is 0 Å². The van der Waals surface area contributed by atoms with Crippen LogP contribution in [0.3, 0.4) is 0 Å². The normalized spacial score (nSPS) is 17.6. The first-order valence-corrected chi connectivity index (χ1v) is 12.5. The largest absolute Gasteiger partial charge is 0.497 e. The number of rotatable bonds is 6. The lowest BCUT2D eigenvalue weighted by Gasteiger charge is -2.32. The summed E-state index contributed by atoms with van der Waals surface area (Å²) in [5.41, 5.74) is 3.18. The number of benzene rings is 2. The number of methoxy groups -OCH3 is 1. The average molecular weight is 487 g/mol. The van der Waals surface area contributed by atoms with Crippen molar-refractivity contribution in [1.29, 1.82) is 0 Å². The Morgan fingerprint density at radius 1 is 1.00 bits per heavy atom. The SMILES string of the molecule is COc1cccc(CC(=O)N2CCCN(Cc3ccncc3)C(c3ccccc3)CC(=O)NCC2)c1. The molecule has 0 spiro atoms. The molecule has 1 atom stereocenters. The van der Waals surface area contributed by atoms with Crippen LogP contribution in [0.25, 0.3) is 0 Å². The van der Waals surface area contributed by atoms with Gasteiger partial charge in [0.1, 0.15) is 5.75 Å². The first-order chi connectivity index (χ1) is 17.6. The van der Waals surface area contributed by atoms with Crippen LogP contribution in [0, 0.1) is 0 Å². The van der Waals surface area contributed by atoms with Crippen LogP contribution in [0.5, 0.6) is 5.75 Å². The van der Waals surface area contributed by atoms with Gasteiger partial charge in [0.25, 0.3) is 0 Å². The molecule has 2 heterocycles. The molecular weight excluding hydrogens is 452 g/mol. The molecule has 7 heteroatoms. The third-order valence-electron chi connectivity index (χ3n) is 6.56. The summed E-state index contributed by atoms with van der Waals surface area (Å²) in [7, 11) is 1.62. The van der Waals surface area contributed by atoms with Gasteiger partial charge in [-0.05, 0) is 47.4 Å². The van der Waals surface area contributed by atoms with E-state index in [-0.39, 0.29) is 17.9 Å². The van der Waals surface area contributed by atoms with E-state index in [4.69, 9.17) is 4.74 Å². The number of carbonyl (C=O) groups is 2. The van der Waals surface area contributed by atoms with Gasteiger partial charge in [0.05, 0.1) is 13.5 Å². The van der Waals surface area contributed by atoms with E-state index in [2.05, 4.69) is 27.3 Å². The minimum atomic E-state index is -0.0570. The topological polar surface area (TPSA) is 74.8 Å². The number of nitrogens with zero attached hydrogens (tertiary/aromatic N) is 3. The monoisotopic (exact) mass is 486 g/mol. The van der Waals surface area contributed by atoms with Gasteiger partial charge in [-0.2, -0.15) is 0 Å². The molecule has 0 radical (unpaired) electrons. The molecule has 1 aromatic heterocycles. The van der Waals surface area contributed by atoms with Gasteiger partial charge in [-0.1, -0.05) is 42.5 Å². The predicted octanol–water partition coefficient (Wildman–Crippen LogP) is 3.61. The molecule has 2 amide bonds. The molecule has 1 unspecified atom stereocenters. The number of ether oxygens (including phenoxy) is 1. The number of amides is 2. The van der Waals surface area contributed by atoms with Crippen LogP contribution in [-0.4, -0.2) is 59.9 Å². The zero-order valence-corrected chi connectivity index (χ0v) is 20.8. The smallest absolute Gasteiger partial charge is 0.227 e. The lowest BCUT2D eigenvalue weighted by molar-refractivity contribution is -0.131. The summed E-state index contributed by atoms with van der Waals surface area (Å²) in [6, 6.07) is 21.8. The summed E-state index contributed by atoms with van der Waals surface area (Å²) >= 11 is 0. The molecule has 1 saturated heterocycles. The molecule has 0 aliphatic carbocycles. The molecule has 1 aliphatic rings. The molecule has 1 fully saturated rings. The summed E-state index contributed by atoms with van der Waals surface area (Å²) in [5, 5.41) is 3.04. The fraction of sp³-hybridized carbons (Fsp3) is 0.345. The second-order valence-corrected chi connectivity index (χ2v) is 9.07. The highest BCUT2D eigenvalue weighted by molar-refractivity contribution is 5.79. The number of aromatic nitrogens is 1. The Morgan fingerprint density at radius 2 is 1.81 bits per heavy atom. The van der Waals surface area contributed by atoms with Crippen molar-refractivity contribution in [3.63, 3.8) is 0 Å². The summed E-state index contributed by atoms with van der Waals surface area (Å²) in [6.07, 6.45) is 5.08. The maximum Gasteiger partial charge on any atom is 0.227 e. The molecule has 2 aromatic carbocycles. The van der Waals surface area contributed by atoms with E-state index in [0.717, 1.165) is 35.4 Å². The lowest BCUT2D eigenvalue weighted by Crippen LogP contribution is -2.39. The van der Waals surface area contributed by atoms with Crippen molar-refractivity contribution in [1.82, 2.24) is 20.1 Å². The number of pyridine rings is 1. The molecule has 1 aliphatic heterocycles. The fourth-order valence-electron chi connectivity index (χ4n) is 4.67. The average Bonchev–Trinajstić information content (AvgIpc) is 2.94. The summed E-state index contributed by atoms with van der Waals surface area (Å²) in [6.45, 7) is 3.03. The van der Waals surface area contributed by atoms with Gasteiger partial charge >= 0.3 is 0 Å². The summed E-state index contributed by atoms with van der Waals surface area (Å²) in [4.78, 5) is 34.5. The number of carbonyl (C=O) groups excluding carboxylic acids is 2. The minimum absolute atomic E-state index is 0.00863. The number of nitrogens with one attached hydrogen (secondary N) is 1. The Bertz CT molecular complexity index is 1120. The molecule has 1 N–H and O–H groups in total. The van der Waals surface area contributed by atoms with Crippen molar-refractivity contribution in [2.45, 2.75) is 31.8 Å². The molecule has 3 aromatic rings. The molecule has 0 bridgehead atoms. The second-order valence-electron chi connectivity index (χ2n) is 9.07. The van der Waals surface area contributed by atoms with Gasteiger partial charge in [-0.3, -0.25) is 19.5 Å². The van der Waals surface area contributed by atoms with Crippen LogP contribution in [0.1, 0.15) is 35.6 Å². The highest BCUT2D eigenvalue weighted by Gasteiger charge is 2.25. The van der Waals surface area contributed by atoms with Gasteiger partial charge in [0.2, 0.25) is 11.8 Å². The minimum Gasteiger partial charge on any atom is -0.497 e. The third-order valence-corrected chi connectivity index (χ3v) is 6.56. The first-order valence-electron chi connectivity index (χ1n) is 12.5. The van der Waals surface area contributed by atoms with Crippen molar-refractivity contribution in [2.24, 2.45) is 0 Å². The fourth-order valence-corrected chi connectivity index (χ4v) is 4.67. The van der Waals surface area contributed by atoms with E-state index in [1.807, 2.05) is 59.5 Å².